The maximum atomic E-state index is 7.37. The third kappa shape index (κ3) is 6.06. The molecule has 0 saturated heterocycles. The van der Waals surface area contributed by atoms with Gasteiger partial charge in [-0.1, -0.05) is 95.3 Å². The molecule has 0 aliphatic heterocycles. The van der Waals surface area contributed by atoms with Crippen molar-refractivity contribution in [2.24, 2.45) is 0 Å². The molecule has 68 heavy (non-hydrogen) atoms. The van der Waals surface area contributed by atoms with E-state index in [1.165, 1.54) is 0 Å². The van der Waals surface area contributed by atoms with Crippen molar-refractivity contribution in [3.8, 4) is 33.4 Å². The zero-order valence-corrected chi connectivity index (χ0v) is 36.1. The number of benzene rings is 9. The minimum atomic E-state index is -0.178. The summed E-state index contributed by atoms with van der Waals surface area (Å²) in [5.74, 6) is 0. The predicted octanol–water partition coefficient (Wildman–Crippen LogP) is -12.1. The molecular formula is C46H7B21O. The molecule has 0 bridgehead atoms. The summed E-state index contributed by atoms with van der Waals surface area (Å²) in [7, 11) is 144. The Bertz CT molecular complexity index is 3960. The Morgan fingerprint density at radius 1 is 0.221 bits per heavy atom. The van der Waals surface area contributed by atoms with Crippen LogP contribution in [0.25, 0.3) is 98.4 Å². The molecule has 10 aromatic rings. The Morgan fingerprint density at radius 3 is 0.971 bits per heavy atom. The van der Waals surface area contributed by atoms with Crippen LogP contribution in [0.1, 0.15) is 0 Å². The van der Waals surface area contributed by atoms with E-state index in [4.69, 9.17) is 169 Å². The molecule has 0 N–H and O–H groups in total. The predicted molar refractivity (Wildman–Crippen MR) is 313 cm³/mol. The number of para-hydroxylation sites is 1. The van der Waals surface area contributed by atoms with E-state index in [9.17, 15) is 0 Å². The van der Waals surface area contributed by atoms with Gasteiger partial charge < -0.3 is 4.42 Å². The zero-order chi connectivity index (χ0) is 49.2. The summed E-state index contributed by atoms with van der Waals surface area (Å²) in [5, 5.41) is 2.80. The lowest BCUT2D eigenvalue weighted by molar-refractivity contribution is 0.669. The molecule has 0 aliphatic carbocycles. The van der Waals surface area contributed by atoms with Gasteiger partial charge in [-0.05, 0) is 94.7 Å². The van der Waals surface area contributed by atoms with Gasteiger partial charge in [-0.25, -0.2) is 0 Å². The second-order valence-corrected chi connectivity index (χ2v) is 16.9. The maximum Gasteiger partial charge on any atom is 0.135 e. The molecule has 0 atom stereocenters. The molecule has 1 heterocycles. The van der Waals surface area contributed by atoms with Gasteiger partial charge in [0.25, 0.3) is 0 Å². The molecule has 260 valence electrons. The van der Waals surface area contributed by atoms with Crippen molar-refractivity contribution in [3.05, 3.63) is 42.5 Å². The van der Waals surface area contributed by atoms with Crippen molar-refractivity contribution >= 4 is 345 Å². The van der Waals surface area contributed by atoms with Crippen LogP contribution in [0.4, 0.5) is 0 Å². The summed E-state index contributed by atoms with van der Waals surface area (Å²) in [5.41, 5.74) is 0.741. The first kappa shape index (κ1) is 46.9. The third-order valence-electron chi connectivity index (χ3n) is 13.5. The Morgan fingerprint density at radius 2 is 0.529 bits per heavy atom. The fraction of sp³-hybridized carbons (Fsp3) is 0. The monoisotopic (exact) mass is 806 g/mol. The third-order valence-corrected chi connectivity index (χ3v) is 13.5. The van der Waals surface area contributed by atoms with Crippen LogP contribution < -0.4 is 115 Å². The van der Waals surface area contributed by atoms with E-state index < -0.39 is 0 Å². The lowest BCUT2D eigenvalue weighted by Gasteiger charge is -2.33. The van der Waals surface area contributed by atoms with Gasteiger partial charge in [0.15, 0.2) is 0 Å². The molecule has 0 fully saturated rings. The minimum absolute atomic E-state index is 0.00281. The summed E-state index contributed by atoms with van der Waals surface area (Å²) in [4.78, 5) is 0. The van der Waals surface area contributed by atoms with Crippen LogP contribution in [0.15, 0.2) is 46.9 Å². The molecule has 1 nitrogen and oxygen atoms in total. The fourth-order valence-corrected chi connectivity index (χ4v) is 9.97. The Labute approximate surface area is 422 Å². The van der Waals surface area contributed by atoms with E-state index in [0.717, 1.165) is 10.8 Å². The second-order valence-electron chi connectivity index (χ2n) is 16.9. The highest BCUT2D eigenvalue weighted by molar-refractivity contribution is 6.76. The fourth-order valence-electron chi connectivity index (χ4n) is 9.97. The average molecular weight is 803 g/mol. The molecule has 10 rings (SSSR count). The van der Waals surface area contributed by atoms with Crippen LogP contribution in [0.2, 0.25) is 0 Å². The first-order valence-corrected chi connectivity index (χ1v) is 20.5. The van der Waals surface area contributed by atoms with E-state index in [1.54, 1.807) is 6.07 Å². The summed E-state index contributed by atoms with van der Waals surface area (Å²) in [6.45, 7) is 0. The Kier molecular flexibility index (Phi) is 11.1. The molecule has 1 aromatic heterocycles. The molecule has 0 saturated carbocycles. The highest BCUT2D eigenvalue weighted by Gasteiger charge is 2.30. The number of furan rings is 1. The van der Waals surface area contributed by atoms with Crippen molar-refractivity contribution in [2.45, 2.75) is 0 Å². The maximum absolute atomic E-state index is 7.37. The van der Waals surface area contributed by atoms with Gasteiger partial charge >= 0.3 is 0 Å². The van der Waals surface area contributed by atoms with Gasteiger partial charge in [0, 0.05) is 10.8 Å². The number of rotatable bonds is 3. The topological polar surface area (TPSA) is 13.1 Å². The van der Waals surface area contributed by atoms with E-state index in [2.05, 4.69) is 0 Å². The molecule has 0 aliphatic rings. The van der Waals surface area contributed by atoms with Gasteiger partial charge in [0.2, 0.25) is 0 Å². The number of hydrogen-bond donors (Lipinski definition) is 0. The Balaban J connectivity index is 1.50. The van der Waals surface area contributed by atoms with E-state index >= 15 is 0 Å². The largest absolute Gasteiger partial charge is 0.456 e. The first-order chi connectivity index (χ1) is 32.1. The van der Waals surface area contributed by atoms with Crippen LogP contribution in [-0.2, 0) is 0 Å². The van der Waals surface area contributed by atoms with E-state index in [1.807, 2.05) is 36.4 Å². The Hall–Kier alpha value is -4.82. The van der Waals surface area contributed by atoms with Crippen LogP contribution >= 0.6 is 0 Å². The average Bonchev–Trinajstić information content (AvgIpc) is 3.70. The molecule has 9 aromatic carbocycles. The highest BCUT2D eigenvalue weighted by atomic mass is 16.3. The molecule has 42 radical (unpaired) electrons. The molecule has 0 spiro atoms. The summed E-state index contributed by atoms with van der Waals surface area (Å²) < 4.78 is 6.19. The van der Waals surface area contributed by atoms with E-state index in [-0.39, 0.29) is 180 Å². The van der Waals surface area contributed by atoms with E-state index in [0.29, 0.717) is 22.3 Å². The van der Waals surface area contributed by atoms with Crippen molar-refractivity contribution < 1.29 is 4.42 Å². The molecule has 0 unspecified atom stereocenters. The van der Waals surface area contributed by atoms with Crippen molar-refractivity contribution in [1.29, 1.82) is 0 Å². The normalized spacial score (nSPS) is 11.9. The second kappa shape index (κ2) is 16.1. The molecular weight excluding hydrogens is 796 g/mol. The first-order valence-electron chi connectivity index (χ1n) is 20.5. The lowest BCUT2D eigenvalue weighted by atomic mass is 9.55. The SMILES string of the molecule is [B]c1c([B])c([B])c2c([B])c(-c3c([B])c([B])c(-c4c5c([B])c([B])c([B])c([B])c5c(-c5ccc6oc7ccccc7c6c5)c5c([B])c([B])c([B])c([B])c45)c4c([B])c([B])c([B])c([B])c34)c([B])c([B])c2c1[B]. The summed E-state index contributed by atoms with van der Waals surface area (Å²) in [6, 6.07) is 13.1. The quantitative estimate of drug-likeness (QED) is 0.128. The van der Waals surface area contributed by atoms with Gasteiger partial charge in [0.05, 0.1) is 0 Å². The van der Waals surface area contributed by atoms with Crippen LogP contribution in [0.5, 0.6) is 0 Å². The lowest BCUT2D eigenvalue weighted by Crippen LogP contribution is -2.53. The highest BCUT2D eigenvalue weighted by Crippen LogP contribution is 2.43. The summed E-state index contributed by atoms with van der Waals surface area (Å²) >= 11 is 0. The van der Waals surface area contributed by atoms with Crippen molar-refractivity contribution in [3.63, 3.8) is 0 Å². The van der Waals surface area contributed by atoms with Crippen molar-refractivity contribution in [1.82, 2.24) is 0 Å². The van der Waals surface area contributed by atoms with Crippen molar-refractivity contribution in [2.75, 3.05) is 0 Å². The number of hydrogen-bond acceptors (Lipinski definition) is 1. The zero-order valence-electron chi connectivity index (χ0n) is 36.1. The van der Waals surface area contributed by atoms with Gasteiger partial charge in [0.1, 0.15) is 176 Å². The number of fused-ring (bicyclic) bond motifs is 7. The van der Waals surface area contributed by atoms with Crippen LogP contribution in [-0.4, -0.2) is 165 Å². The van der Waals surface area contributed by atoms with Crippen LogP contribution in [0.3, 0.4) is 0 Å². The smallest absolute Gasteiger partial charge is 0.135 e. The van der Waals surface area contributed by atoms with Gasteiger partial charge in [-0.2, -0.15) is 0 Å². The van der Waals surface area contributed by atoms with Gasteiger partial charge in [-0.15, -0.1) is 43.7 Å². The minimum Gasteiger partial charge on any atom is -0.456 e. The molecule has 22 heteroatoms. The van der Waals surface area contributed by atoms with Gasteiger partial charge in [-0.3, -0.25) is 0 Å². The standard InChI is InChI=1S/C46H7B21O/c47-26-23(35(56)36(57)25-24(26)37(58)45(66)46(67)38(25)59)22-21-20(33(54)43(64)44(65)34(21)55)19(27(48)28(22)49)14-17-15(29(50)39(60)41(62)31(17)52)13(16-18(14)32(53)42(63)40(61)30(16)51)8-5-6-12-10(7-8)9-3-1-2-4-11(9)68-12/h1-7H. The van der Waals surface area contributed by atoms with Crippen LogP contribution in [0, 0.1) is 0 Å². The summed E-state index contributed by atoms with van der Waals surface area (Å²) in [6.07, 6.45) is 0. The molecule has 0 amide bonds.